The Labute approximate surface area is 324 Å². The Hall–Kier alpha value is -2.32. The van der Waals surface area contributed by atoms with E-state index in [2.05, 4.69) is 121 Å². The predicted octanol–water partition coefficient (Wildman–Crippen LogP) is 10.2. The molecule has 0 bridgehead atoms. The molecule has 0 aliphatic carbocycles. The van der Waals surface area contributed by atoms with Gasteiger partial charge in [-0.1, -0.05) is 112 Å². The molecule has 3 aromatic rings. The summed E-state index contributed by atoms with van der Waals surface area (Å²) in [5.74, 6) is 3.09. The Balaban J connectivity index is 0.000000651. The molecular weight excluding hydrogens is 704 g/mol. The number of hydrogen-bond donors (Lipinski definition) is 1. The van der Waals surface area contributed by atoms with Gasteiger partial charge in [0.25, 0.3) is 0 Å². The number of nitrogens with zero attached hydrogens (tertiary/aromatic N) is 4. The van der Waals surface area contributed by atoms with Gasteiger partial charge in [0.15, 0.2) is 0 Å². The highest BCUT2D eigenvalue weighted by Gasteiger charge is 2.36. The molecular formula is C41H59Cl4N5. The number of hydrogen-bond acceptors (Lipinski definition) is 5. The van der Waals surface area contributed by atoms with E-state index in [-0.39, 0.29) is 5.41 Å². The Morgan fingerprint density at radius 2 is 1.22 bits per heavy atom. The summed E-state index contributed by atoms with van der Waals surface area (Å²) >= 11 is 22.1. The number of aryl methyl sites for hydroxylation is 1. The third-order valence-corrected chi connectivity index (χ3v) is 8.79. The average Bonchev–Trinajstić information content (AvgIpc) is 3.16. The monoisotopic (exact) mass is 761 g/mol. The summed E-state index contributed by atoms with van der Waals surface area (Å²) < 4.78 is 0. The van der Waals surface area contributed by atoms with E-state index in [0.29, 0.717) is 35.9 Å². The van der Waals surface area contributed by atoms with E-state index in [9.17, 15) is 5.26 Å². The van der Waals surface area contributed by atoms with E-state index in [1.165, 1.54) is 16.7 Å². The summed E-state index contributed by atoms with van der Waals surface area (Å²) in [6.45, 7) is 15.8. The van der Waals surface area contributed by atoms with Gasteiger partial charge in [0, 0.05) is 82.3 Å². The lowest BCUT2D eigenvalue weighted by molar-refractivity contribution is 0.0915. The van der Waals surface area contributed by atoms with Crippen molar-refractivity contribution in [2.24, 2.45) is 11.3 Å². The highest BCUT2D eigenvalue weighted by Crippen LogP contribution is 2.35. The fourth-order valence-corrected chi connectivity index (χ4v) is 5.54. The maximum absolute atomic E-state index is 9.23. The van der Waals surface area contributed by atoms with Gasteiger partial charge in [-0.3, -0.25) is 9.80 Å². The zero-order chi connectivity index (χ0) is 37.3. The lowest BCUT2D eigenvalue weighted by atomic mass is 9.74. The summed E-state index contributed by atoms with van der Waals surface area (Å²) in [6, 6.07) is 35.8. The molecule has 4 rings (SSSR count). The molecule has 3 aromatic carbocycles. The van der Waals surface area contributed by atoms with Crippen molar-refractivity contribution in [1.29, 1.82) is 10.5 Å². The van der Waals surface area contributed by atoms with Crippen molar-refractivity contribution in [2.75, 3.05) is 62.8 Å². The molecule has 1 N–H and O–H groups in total. The minimum absolute atomic E-state index is 0.132. The van der Waals surface area contributed by atoms with E-state index < -0.39 is 0 Å². The van der Waals surface area contributed by atoms with Gasteiger partial charge in [-0.15, -0.1) is 46.4 Å². The van der Waals surface area contributed by atoms with Gasteiger partial charge < -0.3 is 5.32 Å². The SMILES string of the molecule is CC1CN(Cc2ccccc2)CCC1(C)C#N.CCC#N.CCc1ccccc1.ClCCN(CCCl)Cc1ccccc1.ClCCNCCCl. The topological polar surface area (TPSA) is 66.1 Å². The van der Waals surface area contributed by atoms with Crippen LogP contribution in [0.25, 0.3) is 0 Å². The molecule has 0 saturated carbocycles. The summed E-state index contributed by atoms with van der Waals surface area (Å²) in [6.07, 6.45) is 2.75. The zero-order valence-corrected chi connectivity index (χ0v) is 33.7. The molecule has 0 spiro atoms. The average molecular weight is 764 g/mol. The quantitative estimate of drug-likeness (QED) is 0.139. The summed E-state index contributed by atoms with van der Waals surface area (Å²) in [7, 11) is 0. The van der Waals surface area contributed by atoms with Gasteiger partial charge in [-0.25, -0.2) is 0 Å². The highest BCUT2D eigenvalue weighted by atomic mass is 35.5. The first-order chi connectivity index (χ1) is 24.3. The Morgan fingerprint density at radius 3 is 1.58 bits per heavy atom. The van der Waals surface area contributed by atoms with Crippen LogP contribution in [0.5, 0.6) is 0 Å². The van der Waals surface area contributed by atoms with Crippen molar-refractivity contribution in [3.8, 4) is 12.1 Å². The van der Waals surface area contributed by atoms with E-state index in [4.69, 9.17) is 51.7 Å². The number of alkyl halides is 4. The van der Waals surface area contributed by atoms with Gasteiger partial charge in [-0.2, -0.15) is 10.5 Å². The number of piperidine rings is 1. The third kappa shape index (κ3) is 24.0. The molecule has 1 saturated heterocycles. The Kier molecular flexibility index (Phi) is 31.1. The molecule has 1 heterocycles. The molecule has 0 amide bonds. The van der Waals surface area contributed by atoms with Crippen molar-refractivity contribution in [3.63, 3.8) is 0 Å². The van der Waals surface area contributed by atoms with Gasteiger partial charge >= 0.3 is 0 Å². The predicted molar refractivity (Wildman–Crippen MR) is 218 cm³/mol. The van der Waals surface area contributed by atoms with Gasteiger partial charge in [-0.05, 0) is 42.4 Å². The lowest BCUT2D eigenvalue weighted by Gasteiger charge is -2.40. The maximum atomic E-state index is 9.23. The van der Waals surface area contributed by atoms with Crippen LogP contribution in [0.15, 0.2) is 91.0 Å². The summed E-state index contributed by atoms with van der Waals surface area (Å²) in [4.78, 5) is 4.72. The first-order valence-electron chi connectivity index (χ1n) is 17.6. The molecule has 0 radical (unpaired) electrons. The van der Waals surface area contributed by atoms with E-state index in [1.54, 1.807) is 0 Å². The normalized spacial score (nSPS) is 16.3. The number of likely N-dealkylation sites (tertiary alicyclic amines) is 1. The molecule has 2 unspecified atom stereocenters. The number of nitrogens with one attached hydrogen (secondary N) is 1. The summed E-state index contributed by atoms with van der Waals surface area (Å²) in [5.41, 5.74) is 3.95. The van der Waals surface area contributed by atoms with Crippen LogP contribution in [0, 0.1) is 34.0 Å². The fraction of sp³-hybridized carbons (Fsp3) is 0.512. The van der Waals surface area contributed by atoms with Crippen molar-refractivity contribution >= 4 is 46.4 Å². The van der Waals surface area contributed by atoms with Crippen LogP contribution in [-0.2, 0) is 19.5 Å². The standard InChI is InChI=1S/C15H20N2.C11H15Cl2N.C8H10.C4H9Cl2N.C3H5N/c1-13-10-17(9-8-15(13,2)12-16)11-14-6-4-3-5-7-14;12-6-8-14(9-7-13)10-11-4-2-1-3-5-11;1-2-8-6-4-3-5-7-8;5-1-3-7-4-2-6;1-2-3-4/h3-7,13H,8-11H2,1-2H3;1-5H,6-10H2;3-7H,2H2,1H3;7H,1-4H2;2H2,1H3. The minimum Gasteiger partial charge on any atom is -0.314 e. The van der Waals surface area contributed by atoms with Crippen LogP contribution in [0.4, 0.5) is 0 Å². The number of halogens is 4. The highest BCUT2D eigenvalue weighted by molar-refractivity contribution is 6.18. The molecule has 50 heavy (non-hydrogen) atoms. The number of benzene rings is 3. The van der Waals surface area contributed by atoms with Crippen LogP contribution in [0.1, 0.15) is 57.2 Å². The van der Waals surface area contributed by atoms with Crippen LogP contribution in [0.3, 0.4) is 0 Å². The van der Waals surface area contributed by atoms with Crippen LogP contribution in [-0.4, -0.2) is 72.6 Å². The molecule has 2 atom stereocenters. The number of nitriles is 2. The van der Waals surface area contributed by atoms with Crippen LogP contribution in [0.2, 0.25) is 0 Å². The van der Waals surface area contributed by atoms with Gasteiger partial charge in [0.1, 0.15) is 0 Å². The van der Waals surface area contributed by atoms with Crippen LogP contribution >= 0.6 is 46.4 Å². The molecule has 276 valence electrons. The Bertz CT molecular complexity index is 1240. The van der Waals surface area contributed by atoms with E-state index in [1.807, 2.05) is 25.1 Å². The zero-order valence-electron chi connectivity index (χ0n) is 30.6. The first-order valence-corrected chi connectivity index (χ1v) is 19.7. The minimum atomic E-state index is -0.132. The second-order valence-corrected chi connectivity index (χ2v) is 13.5. The molecule has 1 aliphatic rings. The van der Waals surface area contributed by atoms with E-state index >= 15 is 0 Å². The fourth-order valence-electron chi connectivity index (χ4n) is 4.79. The van der Waals surface area contributed by atoms with Gasteiger partial charge in [0.05, 0.1) is 17.6 Å². The first kappa shape index (κ1) is 47.7. The van der Waals surface area contributed by atoms with Gasteiger partial charge in [0.2, 0.25) is 0 Å². The lowest BCUT2D eigenvalue weighted by Crippen LogP contribution is -2.43. The smallest absolute Gasteiger partial charge is 0.0690 e. The van der Waals surface area contributed by atoms with Crippen molar-refractivity contribution in [1.82, 2.24) is 15.1 Å². The maximum Gasteiger partial charge on any atom is 0.0690 e. The second-order valence-electron chi connectivity index (χ2n) is 12.0. The Morgan fingerprint density at radius 1 is 0.760 bits per heavy atom. The van der Waals surface area contributed by atoms with Crippen molar-refractivity contribution in [3.05, 3.63) is 108 Å². The molecule has 5 nitrogen and oxygen atoms in total. The van der Waals surface area contributed by atoms with Crippen LogP contribution < -0.4 is 5.32 Å². The van der Waals surface area contributed by atoms with E-state index in [0.717, 1.165) is 65.2 Å². The molecule has 1 aliphatic heterocycles. The largest absolute Gasteiger partial charge is 0.314 e. The number of rotatable bonds is 13. The second kappa shape index (κ2) is 32.6. The molecule has 0 aromatic heterocycles. The third-order valence-electron chi connectivity index (χ3n) is 8.07. The molecule has 9 heteroatoms. The van der Waals surface area contributed by atoms with Crippen molar-refractivity contribution in [2.45, 2.75) is 60.0 Å². The van der Waals surface area contributed by atoms with Crippen molar-refractivity contribution < 1.29 is 0 Å². The molecule has 1 fully saturated rings. The summed E-state index contributed by atoms with van der Waals surface area (Å²) in [5, 5.41) is 19.9.